The third kappa shape index (κ3) is 3.56. The second-order valence-corrected chi connectivity index (χ2v) is 6.27. The van der Waals surface area contributed by atoms with E-state index in [2.05, 4.69) is 4.98 Å². The molecule has 2 aromatic heterocycles. The van der Waals surface area contributed by atoms with Gasteiger partial charge in [-0.05, 0) is 37.8 Å². The van der Waals surface area contributed by atoms with Crippen molar-refractivity contribution in [2.45, 2.75) is 38.1 Å². The van der Waals surface area contributed by atoms with E-state index >= 15 is 0 Å². The number of hydrogen-bond donors (Lipinski definition) is 2. The Morgan fingerprint density at radius 1 is 1.31 bits per heavy atom. The second kappa shape index (κ2) is 7.84. The molecule has 8 nitrogen and oxygen atoms in total. The standard InChI is InChI=1S/C17H20N4O4.ClH/c1-20-14-5-3-2-4-12(14)15(22)21(17(20)25)11-7-6-10(19-9-11)8-13(18)16(23)24;/h6-7,9,13H,2-5,8,18H2,1H3,(H,23,24);1H. The van der Waals surface area contributed by atoms with Crippen molar-refractivity contribution in [2.24, 2.45) is 12.8 Å². The zero-order chi connectivity index (χ0) is 18.1. The number of halogens is 1. The second-order valence-electron chi connectivity index (χ2n) is 6.27. The molecule has 3 N–H and O–H groups in total. The maximum Gasteiger partial charge on any atom is 0.335 e. The molecule has 2 heterocycles. The number of rotatable bonds is 4. The summed E-state index contributed by atoms with van der Waals surface area (Å²) in [4.78, 5) is 40.3. The monoisotopic (exact) mass is 380 g/mol. The van der Waals surface area contributed by atoms with Crippen LogP contribution in [0.4, 0.5) is 0 Å². The van der Waals surface area contributed by atoms with Crippen LogP contribution in [0.2, 0.25) is 0 Å². The van der Waals surface area contributed by atoms with Crippen LogP contribution < -0.4 is 17.0 Å². The van der Waals surface area contributed by atoms with Gasteiger partial charge in [0.05, 0.1) is 11.9 Å². The van der Waals surface area contributed by atoms with Crippen LogP contribution >= 0.6 is 12.4 Å². The molecule has 26 heavy (non-hydrogen) atoms. The molecule has 1 aliphatic rings. The Bertz CT molecular complexity index is 934. The SMILES string of the molecule is Cl.Cn1c2c(c(=O)n(-c3ccc(CC(N)C(=O)O)nc3)c1=O)CCCC2. The number of carbonyl (C=O) groups is 1. The summed E-state index contributed by atoms with van der Waals surface area (Å²) in [5.41, 5.74) is 7.15. The molecule has 0 amide bonds. The van der Waals surface area contributed by atoms with Crippen LogP contribution in [-0.4, -0.2) is 31.2 Å². The highest BCUT2D eigenvalue weighted by molar-refractivity contribution is 5.85. The third-order valence-electron chi connectivity index (χ3n) is 4.60. The number of pyridine rings is 1. The lowest BCUT2D eigenvalue weighted by Crippen LogP contribution is -2.42. The van der Waals surface area contributed by atoms with E-state index < -0.39 is 17.7 Å². The van der Waals surface area contributed by atoms with E-state index in [9.17, 15) is 14.4 Å². The molecule has 9 heteroatoms. The minimum atomic E-state index is -1.11. The molecule has 2 aromatic rings. The number of nitrogens with two attached hydrogens (primary N) is 1. The molecule has 1 atom stereocenters. The summed E-state index contributed by atoms with van der Waals surface area (Å²) in [5.74, 6) is -1.11. The number of nitrogens with zero attached hydrogens (tertiary/aromatic N) is 3. The molecular weight excluding hydrogens is 360 g/mol. The van der Waals surface area contributed by atoms with Crippen molar-refractivity contribution < 1.29 is 9.90 Å². The molecule has 140 valence electrons. The van der Waals surface area contributed by atoms with Crippen molar-refractivity contribution in [1.82, 2.24) is 14.1 Å². The normalized spacial score (nSPS) is 14.2. The molecule has 0 spiro atoms. The fraction of sp³-hybridized carbons (Fsp3) is 0.412. The first-order valence-corrected chi connectivity index (χ1v) is 8.17. The van der Waals surface area contributed by atoms with E-state index in [-0.39, 0.29) is 24.4 Å². The van der Waals surface area contributed by atoms with Crippen LogP contribution in [-0.2, 0) is 31.1 Å². The molecule has 0 radical (unpaired) electrons. The number of carboxylic acid groups (broad SMARTS) is 1. The number of hydrogen-bond acceptors (Lipinski definition) is 5. The van der Waals surface area contributed by atoms with Gasteiger partial charge in [0, 0.05) is 30.4 Å². The van der Waals surface area contributed by atoms with Gasteiger partial charge in [-0.25, -0.2) is 9.36 Å². The maximum absolute atomic E-state index is 12.8. The first-order valence-electron chi connectivity index (χ1n) is 8.17. The quantitative estimate of drug-likeness (QED) is 0.781. The Morgan fingerprint density at radius 3 is 2.62 bits per heavy atom. The fourth-order valence-electron chi connectivity index (χ4n) is 3.19. The summed E-state index contributed by atoms with van der Waals surface area (Å²) < 4.78 is 2.65. The Balaban J connectivity index is 0.00000243. The average molecular weight is 381 g/mol. The van der Waals surface area contributed by atoms with Crippen LogP contribution in [0.1, 0.15) is 29.8 Å². The van der Waals surface area contributed by atoms with Gasteiger partial charge in [0.1, 0.15) is 6.04 Å². The Morgan fingerprint density at radius 2 is 2.00 bits per heavy atom. The molecule has 0 aliphatic heterocycles. The zero-order valence-corrected chi connectivity index (χ0v) is 15.2. The molecule has 3 rings (SSSR count). The van der Waals surface area contributed by atoms with Gasteiger partial charge >= 0.3 is 11.7 Å². The van der Waals surface area contributed by atoms with Crippen LogP contribution in [0.5, 0.6) is 0 Å². The molecule has 0 saturated carbocycles. The summed E-state index contributed by atoms with van der Waals surface area (Å²) in [6, 6.07) is 2.14. The molecule has 0 saturated heterocycles. The van der Waals surface area contributed by atoms with Crippen LogP contribution in [0.15, 0.2) is 27.9 Å². The van der Waals surface area contributed by atoms with Crippen molar-refractivity contribution in [2.75, 3.05) is 0 Å². The minimum Gasteiger partial charge on any atom is -0.480 e. The molecule has 0 fully saturated rings. The predicted octanol–water partition coefficient (Wildman–Crippen LogP) is 0.186. The predicted molar refractivity (Wildman–Crippen MR) is 98.3 cm³/mol. The van der Waals surface area contributed by atoms with Crippen molar-refractivity contribution in [3.8, 4) is 5.69 Å². The van der Waals surface area contributed by atoms with Gasteiger partial charge in [0.2, 0.25) is 0 Å². The lowest BCUT2D eigenvalue weighted by atomic mass is 9.97. The Hall–Kier alpha value is -2.45. The van der Waals surface area contributed by atoms with Gasteiger partial charge < -0.3 is 15.4 Å². The third-order valence-corrected chi connectivity index (χ3v) is 4.60. The van der Waals surface area contributed by atoms with E-state index in [0.717, 1.165) is 29.5 Å². The van der Waals surface area contributed by atoms with E-state index in [4.69, 9.17) is 10.8 Å². The summed E-state index contributed by atoms with van der Waals surface area (Å²) in [6.45, 7) is 0. The summed E-state index contributed by atoms with van der Waals surface area (Å²) >= 11 is 0. The Kier molecular flexibility index (Phi) is 5.99. The van der Waals surface area contributed by atoms with E-state index in [1.807, 2.05) is 0 Å². The first kappa shape index (κ1) is 19.9. The van der Waals surface area contributed by atoms with Crippen molar-refractivity contribution in [3.05, 3.63) is 56.1 Å². The van der Waals surface area contributed by atoms with Gasteiger partial charge in [0.15, 0.2) is 0 Å². The van der Waals surface area contributed by atoms with E-state index in [0.29, 0.717) is 23.4 Å². The summed E-state index contributed by atoms with van der Waals surface area (Å²) in [7, 11) is 1.68. The molecule has 0 bridgehead atoms. The lowest BCUT2D eigenvalue weighted by molar-refractivity contribution is -0.138. The molecule has 1 aliphatic carbocycles. The summed E-state index contributed by atoms with van der Waals surface area (Å²) in [5, 5.41) is 8.85. The zero-order valence-electron chi connectivity index (χ0n) is 14.3. The first-order chi connectivity index (χ1) is 11.9. The van der Waals surface area contributed by atoms with Crippen LogP contribution in [0, 0.1) is 0 Å². The average Bonchev–Trinajstić information content (AvgIpc) is 2.61. The molecule has 0 aromatic carbocycles. The fourth-order valence-corrected chi connectivity index (χ4v) is 3.19. The van der Waals surface area contributed by atoms with Crippen LogP contribution in [0.25, 0.3) is 5.69 Å². The number of aliphatic carboxylic acids is 1. The topological polar surface area (TPSA) is 120 Å². The van der Waals surface area contributed by atoms with Crippen LogP contribution in [0.3, 0.4) is 0 Å². The maximum atomic E-state index is 12.8. The lowest BCUT2D eigenvalue weighted by Gasteiger charge is -2.20. The van der Waals surface area contributed by atoms with E-state index in [1.54, 1.807) is 19.2 Å². The highest BCUT2D eigenvalue weighted by atomic mass is 35.5. The molecular formula is C17H21ClN4O4. The van der Waals surface area contributed by atoms with Gasteiger partial charge in [-0.3, -0.25) is 14.6 Å². The number of carboxylic acids is 1. The van der Waals surface area contributed by atoms with Gasteiger partial charge in [-0.1, -0.05) is 0 Å². The van der Waals surface area contributed by atoms with E-state index in [1.165, 1.54) is 10.8 Å². The number of aromatic nitrogens is 3. The summed E-state index contributed by atoms with van der Waals surface area (Å²) in [6.07, 6.45) is 4.80. The highest BCUT2D eigenvalue weighted by Crippen LogP contribution is 2.16. The number of fused-ring (bicyclic) bond motifs is 1. The highest BCUT2D eigenvalue weighted by Gasteiger charge is 2.21. The molecule has 1 unspecified atom stereocenters. The Labute approximate surface area is 155 Å². The van der Waals surface area contributed by atoms with Crippen molar-refractivity contribution in [1.29, 1.82) is 0 Å². The minimum absolute atomic E-state index is 0. The van der Waals surface area contributed by atoms with Gasteiger partial charge in [0.25, 0.3) is 5.56 Å². The largest absolute Gasteiger partial charge is 0.480 e. The van der Waals surface area contributed by atoms with Crippen molar-refractivity contribution >= 4 is 18.4 Å². The van der Waals surface area contributed by atoms with Crippen molar-refractivity contribution in [3.63, 3.8) is 0 Å². The van der Waals surface area contributed by atoms with Gasteiger partial charge in [-0.2, -0.15) is 0 Å². The van der Waals surface area contributed by atoms with Gasteiger partial charge in [-0.15, -0.1) is 12.4 Å². The smallest absolute Gasteiger partial charge is 0.335 e.